The molecule has 0 radical (unpaired) electrons. The van der Waals surface area contributed by atoms with Gasteiger partial charge in [0.05, 0.1) is 34.6 Å². The number of thiocarbonyl (C=S) groups is 1. The van der Waals surface area contributed by atoms with Gasteiger partial charge in [-0.05, 0) is 60.8 Å². The van der Waals surface area contributed by atoms with E-state index in [1.165, 1.54) is 6.08 Å². The van der Waals surface area contributed by atoms with Crippen LogP contribution >= 0.6 is 47.0 Å². The molecule has 1 aliphatic heterocycles. The van der Waals surface area contributed by atoms with Crippen LogP contribution in [0.25, 0.3) is 17.4 Å². The average Bonchev–Trinajstić information content (AvgIpc) is 3.29. The minimum absolute atomic E-state index is 0.150. The number of hydrogen-bond acceptors (Lipinski definition) is 5. The van der Waals surface area contributed by atoms with Gasteiger partial charge in [0.15, 0.2) is 5.11 Å². The highest BCUT2D eigenvalue weighted by Crippen LogP contribution is 2.34. The second-order valence-electron chi connectivity index (χ2n) is 7.34. The van der Waals surface area contributed by atoms with Gasteiger partial charge < -0.3 is 19.4 Å². The first-order chi connectivity index (χ1) is 16.4. The monoisotopic (exact) mass is 535 g/mol. The molecule has 2 N–H and O–H groups in total. The summed E-state index contributed by atoms with van der Waals surface area (Å²) >= 11 is 23.8. The van der Waals surface area contributed by atoms with Crippen LogP contribution in [0.3, 0.4) is 0 Å². The molecule has 4 rings (SSSR count). The van der Waals surface area contributed by atoms with Crippen molar-refractivity contribution in [3.05, 3.63) is 75.4 Å². The first-order valence-electron chi connectivity index (χ1n) is 10.4. The van der Waals surface area contributed by atoms with Crippen molar-refractivity contribution in [2.24, 2.45) is 0 Å². The molecular weight excluding hydrogens is 517 g/mol. The number of benzene rings is 2. The van der Waals surface area contributed by atoms with E-state index < -0.39 is 5.91 Å². The molecule has 1 amide bonds. The van der Waals surface area contributed by atoms with Crippen molar-refractivity contribution >= 4 is 75.5 Å². The molecule has 0 spiro atoms. The zero-order valence-corrected chi connectivity index (χ0v) is 20.9. The standard InChI is InChI=1S/C24H20Cl3N3O3S/c25-15-4-7-20(30-10-12-32-13-11-30)19(14-15)28-24(34)29-22(31)9-6-16-5-8-21(33-16)17-2-1-3-18(26)23(17)27/h1-9,14H,10-13H2,(H2,28,29,31,34). The molecule has 3 aromatic rings. The Balaban J connectivity index is 1.39. The summed E-state index contributed by atoms with van der Waals surface area (Å²) in [7, 11) is 0. The van der Waals surface area contributed by atoms with Crippen LogP contribution < -0.4 is 15.5 Å². The summed E-state index contributed by atoms with van der Waals surface area (Å²) in [5.41, 5.74) is 2.31. The fraction of sp³-hybridized carbons (Fsp3) is 0.167. The Morgan fingerprint density at radius 1 is 1.06 bits per heavy atom. The number of carbonyl (C=O) groups is 1. The van der Waals surface area contributed by atoms with Crippen molar-refractivity contribution in [2.45, 2.75) is 0 Å². The number of ether oxygens (including phenoxy) is 1. The first kappa shape index (κ1) is 24.6. The fourth-order valence-corrected chi connectivity index (χ4v) is 4.21. The third-order valence-electron chi connectivity index (χ3n) is 5.04. The van der Waals surface area contributed by atoms with Gasteiger partial charge in [-0.1, -0.05) is 40.9 Å². The molecule has 34 heavy (non-hydrogen) atoms. The van der Waals surface area contributed by atoms with E-state index in [-0.39, 0.29) is 5.11 Å². The van der Waals surface area contributed by atoms with Crippen molar-refractivity contribution in [3.8, 4) is 11.3 Å². The number of anilines is 2. The molecule has 0 aliphatic carbocycles. The molecule has 0 unspecified atom stereocenters. The second-order valence-corrected chi connectivity index (χ2v) is 8.97. The van der Waals surface area contributed by atoms with E-state index >= 15 is 0 Å². The normalized spacial score (nSPS) is 13.8. The summed E-state index contributed by atoms with van der Waals surface area (Å²) in [6, 6.07) is 14.3. The molecular formula is C24H20Cl3N3O3S. The lowest BCUT2D eigenvalue weighted by Crippen LogP contribution is -2.37. The zero-order valence-electron chi connectivity index (χ0n) is 17.8. The Bertz CT molecular complexity index is 1240. The van der Waals surface area contributed by atoms with Crippen molar-refractivity contribution in [2.75, 3.05) is 36.5 Å². The van der Waals surface area contributed by atoms with E-state index in [4.69, 9.17) is 56.2 Å². The van der Waals surface area contributed by atoms with E-state index in [0.29, 0.717) is 51.1 Å². The predicted octanol–water partition coefficient (Wildman–Crippen LogP) is 6.27. The average molecular weight is 537 g/mol. The number of amides is 1. The number of furan rings is 1. The third kappa shape index (κ3) is 6.11. The number of nitrogens with zero attached hydrogens (tertiary/aromatic N) is 1. The number of rotatable bonds is 5. The summed E-state index contributed by atoms with van der Waals surface area (Å²) in [6.07, 6.45) is 2.87. The summed E-state index contributed by atoms with van der Waals surface area (Å²) in [5, 5.41) is 7.24. The molecule has 1 aromatic heterocycles. The minimum Gasteiger partial charge on any atom is -0.457 e. The molecule has 0 bridgehead atoms. The largest absolute Gasteiger partial charge is 0.457 e. The summed E-state index contributed by atoms with van der Waals surface area (Å²) in [4.78, 5) is 14.6. The minimum atomic E-state index is -0.411. The van der Waals surface area contributed by atoms with Crippen molar-refractivity contribution in [3.63, 3.8) is 0 Å². The summed E-state index contributed by atoms with van der Waals surface area (Å²) in [5.74, 6) is 0.608. The number of morpholine rings is 1. The number of halogens is 3. The highest BCUT2D eigenvalue weighted by Gasteiger charge is 2.16. The molecule has 176 valence electrons. The van der Waals surface area contributed by atoms with Gasteiger partial charge in [-0.15, -0.1) is 0 Å². The van der Waals surface area contributed by atoms with E-state index in [0.717, 1.165) is 18.8 Å². The lowest BCUT2D eigenvalue weighted by atomic mass is 10.2. The van der Waals surface area contributed by atoms with Gasteiger partial charge in [0.25, 0.3) is 0 Å². The van der Waals surface area contributed by atoms with Crippen LogP contribution in [0.4, 0.5) is 11.4 Å². The van der Waals surface area contributed by atoms with Crippen LogP contribution in [0.15, 0.2) is 59.0 Å². The molecule has 10 heteroatoms. The van der Waals surface area contributed by atoms with Crippen LogP contribution in [0.1, 0.15) is 5.76 Å². The van der Waals surface area contributed by atoms with Crippen LogP contribution in [-0.4, -0.2) is 37.3 Å². The maximum atomic E-state index is 12.4. The lowest BCUT2D eigenvalue weighted by molar-refractivity contribution is -0.115. The topological polar surface area (TPSA) is 66.7 Å². The predicted molar refractivity (Wildman–Crippen MR) is 142 cm³/mol. The maximum Gasteiger partial charge on any atom is 0.250 e. The van der Waals surface area contributed by atoms with Crippen molar-refractivity contribution in [1.82, 2.24) is 5.32 Å². The van der Waals surface area contributed by atoms with E-state index in [1.54, 1.807) is 42.5 Å². The van der Waals surface area contributed by atoms with Crippen LogP contribution in [0.2, 0.25) is 15.1 Å². The Hall–Kier alpha value is -2.55. The maximum absolute atomic E-state index is 12.4. The Morgan fingerprint density at radius 2 is 1.85 bits per heavy atom. The van der Waals surface area contributed by atoms with Gasteiger partial charge in [-0.2, -0.15) is 0 Å². The van der Waals surface area contributed by atoms with E-state index in [1.807, 2.05) is 12.1 Å². The fourth-order valence-electron chi connectivity index (χ4n) is 3.43. The van der Waals surface area contributed by atoms with Crippen LogP contribution in [0.5, 0.6) is 0 Å². The van der Waals surface area contributed by atoms with Gasteiger partial charge >= 0.3 is 0 Å². The zero-order chi connectivity index (χ0) is 24.1. The molecule has 6 nitrogen and oxygen atoms in total. The quantitative estimate of drug-likeness (QED) is 0.296. The van der Waals surface area contributed by atoms with Gasteiger partial charge in [0.2, 0.25) is 5.91 Å². The molecule has 1 fully saturated rings. The second kappa shape index (κ2) is 11.3. The highest BCUT2D eigenvalue weighted by atomic mass is 35.5. The van der Waals surface area contributed by atoms with Crippen LogP contribution in [-0.2, 0) is 9.53 Å². The van der Waals surface area contributed by atoms with Gasteiger partial charge in [-0.25, -0.2) is 0 Å². The lowest BCUT2D eigenvalue weighted by Gasteiger charge is -2.30. The van der Waals surface area contributed by atoms with Crippen molar-refractivity contribution < 1.29 is 13.9 Å². The van der Waals surface area contributed by atoms with Gasteiger partial charge in [0, 0.05) is 29.8 Å². The van der Waals surface area contributed by atoms with E-state index in [2.05, 4.69) is 15.5 Å². The molecule has 1 saturated heterocycles. The number of nitrogens with one attached hydrogen (secondary N) is 2. The smallest absolute Gasteiger partial charge is 0.250 e. The Morgan fingerprint density at radius 3 is 2.65 bits per heavy atom. The number of hydrogen-bond donors (Lipinski definition) is 2. The van der Waals surface area contributed by atoms with Crippen molar-refractivity contribution in [1.29, 1.82) is 0 Å². The summed E-state index contributed by atoms with van der Waals surface area (Å²) < 4.78 is 11.2. The molecule has 1 aliphatic rings. The number of carbonyl (C=O) groups excluding carboxylic acids is 1. The SMILES string of the molecule is O=C(C=Cc1ccc(-c2cccc(Cl)c2Cl)o1)NC(=S)Nc1cc(Cl)ccc1N1CCOCC1. The van der Waals surface area contributed by atoms with Gasteiger partial charge in [0.1, 0.15) is 11.5 Å². The Labute approximate surface area is 217 Å². The van der Waals surface area contributed by atoms with Crippen LogP contribution in [0, 0.1) is 0 Å². The van der Waals surface area contributed by atoms with E-state index in [9.17, 15) is 4.79 Å². The molecule has 2 aromatic carbocycles. The molecule has 2 heterocycles. The summed E-state index contributed by atoms with van der Waals surface area (Å²) in [6.45, 7) is 2.80. The third-order valence-corrected chi connectivity index (χ3v) is 6.30. The first-order valence-corrected chi connectivity index (χ1v) is 11.9. The van der Waals surface area contributed by atoms with Gasteiger partial charge in [-0.3, -0.25) is 10.1 Å². The highest BCUT2D eigenvalue weighted by molar-refractivity contribution is 7.80. The molecule has 0 atom stereocenters. The Kier molecular flexibility index (Phi) is 8.13. The molecule has 0 saturated carbocycles.